The molecule has 0 rings (SSSR count). The first kappa shape index (κ1) is 16.0. The minimum atomic E-state index is -4.33. The molecule has 102 valence electrons. The average molecular weight is 266 g/mol. The third kappa shape index (κ3) is 11.2. The first-order chi connectivity index (χ1) is 7.64. The number of halogens is 6. The molecule has 0 aliphatic heterocycles. The van der Waals surface area contributed by atoms with E-state index in [1.165, 1.54) is 0 Å². The Morgan fingerprint density at radius 1 is 0.824 bits per heavy atom. The summed E-state index contributed by atoms with van der Waals surface area (Å²) in [6, 6.07) is 0. The number of hydrogen-bond donors (Lipinski definition) is 0. The Morgan fingerprint density at radius 3 is 1.41 bits per heavy atom. The molecular weight excluding hydrogens is 254 g/mol. The van der Waals surface area contributed by atoms with Gasteiger partial charge in [-0.1, -0.05) is 0 Å². The van der Waals surface area contributed by atoms with Crippen LogP contribution in [0.15, 0.2) is 5.29 Å². The maximum Gasteiger partial charge on any atom is 0.389 e. The quantitative estimate of drug-likeness (QED) is 0.400. The maximum atomic E-state index is 11.7. The molecule has 0 aromatic rings. The molecule has 0 aliphatic carbocycles. The van der Waals surface area contributed by atoms with Crippen molar-refractivity contribution in [3.05, 3.63) is 4.91 Å². The van der Waals surface area contributed by atoms with E-state index in [-0.39, 0.29) is 25.9 Å². The molecule has 0 radical (unpaired) electrons. The summed E-state index contributed by atoms with van der Waals surface area (Å²) in [7, 11) is 0. The van der Waals surface area contributed by atoms with E-state index in [4.69, 9.17) is 0 Å². The highest BCUT2D eigenvalue weighted by Crippen LogP contribution is 2.23. The van der Waals surface area contributed by atoms with Crippen LogP contribution in [-0.2, 0) is 0 Å². The Labute approximate surface area is 93.7 Å². The number of hydrogen-bond acceptors (Lipinski definition) is 2. The van der Waals surface area contributed by atoms with E-state index >= 15 is 0 Å². The van der Waals surface area contributed by atoms with Gasteiger partial charge in [0.2, 0.25) is 0 Å². The molecule has 0 amide bonds. The van der Waals surface area contributed by atoms with E-state index in [0.29, 0.717) is 5.01 Å². The van der Waals surface area contributed by atoms with Gasteiger partial charge in [-0.05, 0) is 12.8 Å². The van der Waals surface area contributed by atoms with E-state index in [2.05, 4.69) is 5.29 Å². The molecule has 0 heterocycles. The molecule has 0 N–H and O–H groups in total. The SMILES string of the molecule is O=NN(CCCC(F)(F)F)CCCC(F)(F)F. The van der Waals surface area contributed by atoms with Crippen molar-refractivity contribution in [2.75, 3.05) is 13.1 Å². The lowest BCUT2D eigenvalue weighted by atomic mass is 10.2. The van der Waals surface area contributed by atoms with Crippen LogP contribution >= 0.6 is 0 Å². The molecular formula is C8H12F6N2O. The number of alkyl halides is 6. The van der Waals surface area contributed by atoms with Crippen molar-refractivity contribution in [1.82, 2.24) is 5.01 Å². The van der Waals surface area contributed by atoms with Crippen molar-refractivity contribution >= 4 is 0 Å². The van der Waals surface area contributed by atoms with Gasteiger partial charge in [0.1, 0.15) is 0 Å². The van der Waals surface area contributed by atoms with Gasteiger partial charge < -0.3 is 0 Å². The average Bonchev–Trinajstić information content (AvgIpc) is 2.11. The second-order valence-corrected chi connectivity index (χ2v) is 3.47. The molecule has 0 fully saturated rings. The molecule has 17 heavy (non-hydrogen) atoms. The normalized spacial score (nSPS) is 12.6. The van der Waals surface area contributed by atoms with Gasteiger partial charge in [-0.3, -0.25) is 5.01 Å². The van der Waals surface area contributed by atoms with Gasteiger partial charge in [-0.25, -0.2) is 0 Å². The molecule has 0 aromatic carbocycles. The molecule has 0 spiro atoms. The van der Waals surface area contributed by atoms with Gasteiger partial charge in [0, 0.05) is 25.9 Å². The van der Waals surface area contributed by atoms with E-state index in [1.807, 2.05) is 0 Å². The Bertz CT molecular complexity index is 207. The van der Waals surface area contributed by atoms with Crippen molar-refractivity contribution in [3.63, 3.8) is 0 Å². The maximum absolute atomic E-state index is 11.7. The Morgan fingerprint density at radius 2 is 1.18 bits per heavy atom. The first-order valence-corrected chi connectivity index (χ1v) is 4.86. The zero-order valence-corrected chi connectivity index (χ0v) is 8.81. The van der Waals surface area contributed by atoms with Gasteiger partial charge in [-0.15, -0.1) is 4.91 Å². The Balaban J connectivity index is 3.74. The van der Waals surface area contributed by atoms with Crippen molar-refractivity contribution in [1.29, 1.82) is 0 Å². The first-order valence-electron chi connectivity index (χ1n) is 4.86. The van der Waals surface area contributed by atoms with Crippen LogP contribution in [0.5, 0.6) is 0 Å². The lowest BCUT2D eigenvalue weighted by Gasteiger charge is -2.16. The van der Waals surface area contributed by atoms with Gasteiger partial charge >= 0.3 is 12.4 Å². The van der Waals surface area contributed by atoms with Crippen molar-refractivity contribution in [2.24, 2.45) is 5.29 Å². The highest BCUT2D eigenvalue weighted by atomic mass is 19.4. The van der Waals surface area contributed by atoms with Crippen LogP contribution in [0.25, 0.3) is 0 Å². The molecule has 0 aliphatic rings. The van der Waals surface area contributed by atoms with Gasteiger partial charge in [-0.2, -0.15) is 26.3 Å². The zero-order valence-electron chi connectivity index (χ0n) is 8.81. The largest absolute Gasteiger partial charge is 0.389 e. The minimum Gasteiger partial charge on any atom is -0.261 e. The Kier molecular flexibility index (Phi) is 6.25. The lowest BCUT2D eigenvalue weighted by Crippen LogP contribution is -2.22. The monoisotopic (exact) mass is 266 g/mol. The van der Waals surface area contributed by atoms with Crippen molar-refractivity contribution < 1.29 is 26.3 Å². The fourth-order valence-corrected chi connectivity index (χ4v) is 1.12. The minimum absolute atomic E-state index is 0.291. The molecule has 0 bridgehead atoms. The summed E-state index contributed by atoms with van der Waals surface area (Å²) in [6.45, 7) is -0.582. The Hall–Kier alpha value is -1.02. The standard InChI is InChI=1S/C8H12F6N2O/c9-7(10,11)3-1-5-16(15-17)6-2-4-8(12,13)14/h1-6H2. The van der Waals surface area contributed by atoms with Crippen LogP contribution in [0, 0.1) is 4.91 Å². The van der Waals surface area contributed by atoms with Crippen molar-refractivity contribution in [2.45, 2.75) is 38.0 Å². The molecule has 0 unspecified atom stereocenters. The molecule has 0 saturated carbocycles. The predicted molar refractivity (Wildman–Crippen MR) is 47.9 cm³/mol. The molecule has 3 nitrogen and oxygen atoms in total. The lowest BCUT2D eigenvalue weighted by molar-refractivity contribution is -0.137. The van der Waals surface area contributed by atoms with Crippen LogP contribution in [0.2, 0.25) is 0 Å². The van der Waals surface area contributed by atoms with E-state index < -0.39 is 25.2 Å². The summed E-state index contributed by atoms with van der Waals surface area (Å²) >= 11 is 0. The summed E-state index contributed by atoms with van der Waals surface area (Å²) in [5.74, 6) is 0. The fraction of sp³-hybridized carbons (Fsp3) is 1.00. The van der Waals surface area contributed by atoms with Crippen molar-refractivity contribution in [3.8, 4) is 0 Å². The summed E-state index contributed by atoms with van der Waals surface area (Å²) in [6.07, 6.45) is -11.6. The van der Waals surface area contributed by atoms with Gasteiger partial charge in [0.25, 0.3) is 0 Å². The van der Waals surface area contributed by atoms with Gasteiger partial charge in [0.05, 0.1) is 5.29 Å². The van der Waals surface area contributed by atoms with Crippen LogP contribution in [0.3, 0.4) is 0 Å². The highest BCUT2D eigenvalue weighted by Gasteiger charge is 2.28. The smallest absolute Gasteiger partial charge is 0.261 e. The van der Waals surface area contributed by atoms with E-state index in [1.54, 1.807) is 0 Å². The second kappa shape index (κ2) is 6.65. The number of rotatable bonds is 7. The van der Waals surface area contributed by atoms with Crippen LogP contribution in [-0.4, -0.2) is 30.5 Å². The molecule has 9 heteroatoms. The van der Waals surface area contributed by atoms with Crippen LogP contribution in [0.4, 0.5) is 26.3 Å². The van der Waals surface area contributed by atoms with E-state index in [0.717, 1.165) is 0 Å². The topological polar surface area (TPSA) is 32.7 Å². The summed E-state index contributed by atoms with van der Waals surface area (Å²) in [4.78, 5) is 10.1. The van der Waals surface area contributed by atoms with Crippen LogP contribution in [0.1, 0.15) is 25.7 Å². The fourth-order valence-electron chi connectivity index (χ4n) is 1.12. The van der Waals surface area contributed by atoms with E-state index in [9.17, 15) is 31.2 Å². The third-order valence-corrected chi connectivity index (χ3v) is 1.87. The zero-order chi connectivity index (χ0) is 13.5. The van der Waals surface area contributed by atoms with Crippen LogP contribution < -0.4 is 0 Å². The molecule has 0 atom stereocenters. The summed E-state index contributed by atoms with van der Waals surface area (Å²) < 4.78 is 70.5. The third-order valence-electron chi connectivity index (χ3n) is 1.87. The molecule has 0 saturated heterocycles. The van der Waals surface area contributed by atoms with Gasteiger partial charge in [0.15, 0.2) is 0 Å². The summed E-state index contributed by atoms with van der Waals surface area (Å²) in [5, 5.41) is 3.05. The summed E-state index contributed by atoms with van der Waals surface area (Å²) in [5.41, 5.74) is 0. The second-order valence-electron chi connectivity index (χ2n) is 3.47. The number of nitrogens with zero attached hydrogens (tertiary/aromatic N) is 2. The number of nitroso groups, excluding NO2 is 1. The molecule has 0 aromatic heterocycles. The highest BCUT2D eigenvalue weighted by molar-refractivity contribution is 4.58. The predicted octanol–water partition coefficient (Wildman–Crippen LogP) is 3.65.